The van der Waals surface area contributed by atoms with Gasteiger partial charge in [-0.15, -0.1) is 0 Å². The van der Waals surface area contributed by atoms with Crippen LogP contribution in [0.1, 0.15) is 11.4 Å². The summed E-state index contributed by atoms with van der Waals surface area (Å²) in [6, 6.07) is 13.2. The maximum atomic E-state index is 12.8. The molecule has 1 aromatic heterocycles. The van der Waals surface area contributed by atoms with E-state index in [1.54, 1.807) is 16.4 Å². The number of imidazole rings is 1. The van der Waals surface area contributed by atoms with E-state index >= 15 is 0 Å². The molecule has 0 unspecified atom stereocenters. The highest BCUT2D eigenvalue weighted by atomic mass is 32.2. The third-order valence-corrected chi connectivity index (χ3v) is 6.76. The fraction of sp³-hybridized carbons (Fsp3) is 0.316. The van der Waals surface area contributed by atoms with Crippen LogP contribution in [0.25, 0.3) is 11.0 Å². The predicted octanol–water partition coefficient (Wildman–Crippen LogP) is 2.69. The van der Waals surface area contributed by atoms with Crippen molar-refractivity contribution in [3.05, 3.63) is 53.9 Å². The topological polar surface area (TPSA) is 69.3 Å². The SMILES string of the molecule is Cc1ccc(S(=O)(=O)N2CCN(c3ccc4nc(C)[nH]c4c3)CC2)cc1. The molecule has 1 aliphatic rings. The Morgan fingerprint density at radius 2 is 1.65 bits per heavy atom. The van der Waals surface area contributed by atoms with Gasteiger partial charge in [-0.1, -0.05) is 17.7 Å². The molecule has 4 rings (SSSR count). The molecular weight excluding hydrogens is 348 g/mol. The van der Waals surface area contributed by atoms with Crippen LogP contribution in [-0.2, 0) is 10.0 Å². The highest BCUT2D eigenvalue weighted by Crippen LogP contribution is 2.24. The first-order chi connectivity index (χ1) is 12.4. The molecule has 2 aromatic carbocycles. The number of sulfonamides is 1. The molecule has 0 amide bonds. The van der Waals surface area contributed by atoms with Gasteiger partial charge in [0, 0.05) is 31.9 Å². The van der Waals surface area contributed by atoms with Crippen molar-refractivity contribution in [2.24, 2.45) is 0 Å². The second-order valence-electron chi connectivity index (χ2n) is 6.73. The zero-order chi connectivity index (χ0) is 18.3. The minimum Gasteiger partial charge on any atom is -0.369 e. The predicted molar refractivity (Wildman–Crippen MR) is 103 cm³/mol. The van der Waals surface area contributed by atoms with Gasteiger partial charge in [0.25, 0.3) is 0 Å². The van der Waals surface area contributed by atoms with Gasteiger partial charge in [-0.3, -0.25) is 0 Å². The second kappa shape index (κ2) is 6.41. The van der Waals surface area contributed by atoms with E-state index in [4.69, 9.17) is 0 Å². The largest absolute Gasteiger partial charge is 0.369 e. The number of aryl methyl sites for hydroxylation is 2. The van der Waals surface area contributed by atoms with Gasteiger partial charge < -0.3 is 9.88 Å². The summed E-state index contributed by atoms with van der Waals surface area (Å²) in [7, 11) is -3.43. The Morgan fingerprint density at radius 1 is 0.962 bits per heavy atom. The summed E-state index contributed by atoms with van der Waals surface area (Å²) in [6.07, 6.45) is 0. The van der Waals surface area contributed by atoms with E-state index in [9.17, 15) is 8.42 Å². The number of aromatic amines is 1. The Hall–Kier alpha value is -2.38. The number of piperazine rings is 1. The molecule has 0 bridgehead atoms. The minimum absolute atomic E-state index is 0.367. The van der Waals surface area contributed by atoms with Gasteiger partial charge in [-0.05, 0) is 44.2 Å². The van der Waals surface area contributed by atoms with Gasteiger partial charge in [0.1, 0.15) is 5.82 Å². The lowest BCUT2D eigenvalue weighted by atomic mass is 10.2. The smallest absolute Gasteiger partial charge is 0.243 e. The minimum atomic E-state index is -3.43. The maximum absolute atomic E-state index is 12.8. The summed E-state index contributed by atoms with van der Waals surface area (Å²) < 4.78 is 27.2. The van der Waals surface area contributed by atoms with E-state index in [-0.39, 0.29) is 0 Å². The number of hydrogen-bond donors (Lipinski definition) is 1. The Kier molecular flexibility index (Phi) is 4.20. The third kappa shape index (κ3) is 3.08. The number of benzene rings is 2. The summed E-state index contributed by atoms with van der Waals surface area (Å²) in [4.78, 5) is 10.3. The number of hydrogen-bond acceptors (Lipinski definition) is 4. The monoisotopic (exact) mass is 370 g/mol. The average Bonchev–Trinajstić information content (AvgIpc) is 3.01. The fourth-order valence-corrected chi connectivity index (χ4v) is 4.79. The zero-order valence-corrected chi connectivity index (χ0v) is 15.8. The van der Waals surface area contributed by atoms with Crippen molar-refractivity contribution in [1.29, 1.82) is 0 Å². The number of H-pyrrole nitrogens is 1. The van der Waals surface area contributed by atoms with Crippen LogP contribution in [0.15, 0.2) is 47.4 Å². The Bertz CT molecular complexity index is 1030. The number of aromatic nitrogens is 2. The molecule has 0 radical (unpaired) electrons. The van der Waals surface area contributed by atoms with Crippen LogP contribution in [0.3, 0.4) is 0 Å². The molecule has 26 heavy (non-hydrogen) atoms. The molecule has 0 aliphatic carbocycles. The molecule has 6 nitrogen and oxygen atoms in total. The molecule has 0 spiro atoms. The Morgan fingerprint density at radius 3 is 2.35 bits per heavy atom. The van der Waals surface area contributed by atoms with Crippen LogP contribution in [0.2, 0.25) is 0 Å². The van der Waals surface area contributed by atoms with Gasteiger partial charge >= 0.3 is 0 Å². The molecule has 7 heteroatoms. The van der Waals surface area contributed by atoms with Crippen molar-refractivity contribution in [2.75, 3.05) is 31.1 Å². The van der Waals surface area contributed by atoms with Crippen molar-refractivity contribution < 1.29 is 8.42 Å². The van der Waals surface area contributed by atoms with Crippen LogP contribution in [0.4, 0.5) is 5.69 Å². The quantitative estimate of drug-likeness (QED) is 0.770. The van der Waals surface area contributed by atoms with Crippen LogP contribution in [0, 0.1) is 13.8 Å². The number of anilines is 1. The molecular formula is C19H22N4O2S. The third-order valence-electron chi connectivity index (χ3n) is 4.85. The highest BCUT2D eigenvalue weighted by molar-refractivity contribution is 7.89. The molecule has 1 fully saturated rings. The van der Waals surface area contributed by atoms with Crippen molar-refractivity contribution in [3.8, 4) is 0 Å². The van der Waals surface area contributed by atoms with E-state index in [1.165, 1.54) is 0 Å². The highest BCUT2D eigenvalue weighted by Gasteiger charge is 2.28. The maximum Gasteiger partial charge on any atom is 0.243 e. The molecule has 1 aliphatic heterocycles. The summed E-state index contributed by atoms with van der Waals surface area (Å²) in [6.45, 7) is 6.20. The van der Waals surface area contributed by atoms with Crippen molar-refractivity contribution >= 4 is 26.7 Å². The van der Waals surface area contributed by atoms with Gasteiger partial charge in [0.15, 0.2) is 0 Å². The van der Waals surface area contributed by atoms with Gasteiger partial charge in [0.2, 0.25) is 10.0 Å². The normalized spacial score (nSPS) is 16.3. The number of rotatable bonds is 3. The summed E-state index contributed by atoms with van der Waals surface area (Å²) in [5.74, 6) is 0.895. The van der Waals surface area contributed by atoms with Crippen molar-refractivity contribution in [1.82, 2.24) is 14.3 Å². The number of nitrogens with one attached hydrogen (secondary N) is 1. The molecule has 0 saturated carbocycles. The lowest BCUT2D eigenvalue weighted by Gasteiger charge is -2.35. The average molecular weight is 370 g/mol. The molecule has 0 atom stereocenters. The van der Waals surface area contributed by atoms with E-state index in [0.717, 1.165) is 28.1 Å². The first kappa shape index (κ1) is 17.1. The Balaban J connectivity index is 1.50. The van der Waals surface area contributed by atoms with Crippen molar-refractivity contribution in [2.45, 2.75) is 18.7 Å². The molecule has 2 heterocycles. The second-order valence-corrected chi connectivity index (χ2v) is 8.67. The van der Waals surface area contributed by atoms with E-state index in [0.29, 0.717) is 31.1 Å². The van der Waals surface area contributed by atoms with E-state index in [2.05, 4.69) is 20.9 Å². The van der Waals surface area contributed by atoms with Crippen LogP contribution in [0.5, 0.6) is 0 Å². The molecule has 3 aromatic rings. The summed E-state index contributed by atoms with van der Waals surface area (Å²) >= 11 is 0. The van der Waals surface area contributed by atoms with Gasteiger partial charge in [-0.25, -0.2) is 13.4 Å². The summed E-state index contributed by atoms with van der Waals surface area (Å²) in [5.41, 5.74) is 4.10. The summed E-state index contributed by atoms with van der Waals surface area (Å²) in [5, 5.41) is 0. The molecule has 136 valence electrons. The molecule has 1 saturated heterocycles. The lowest BCUT2D eigenvalue weighted by molar-refractivity contribution is 0.385. The fourth-order valence-electron chi connectivity index (χ4n) is 3.37. The van der Waals surface area contributed by atoms with Gasteiger partial charge in [-0.2, -0.15) is 4.31 Å². The van der Waals surface area contributed by atoms with Crippen molar-refractivity contribution in [3.63, 3.8) is 0 Å². The van der Waals surface area contributed by atoms with E-state index in [1.807, 2.05) is 38.1 Å². The first-order valence-corrected chi connectivity index (χ1v) is 10.2. The lowest BCUT2D eigenvalue weighted by Crippen LogP contribution is -2.48. The van der Waals surface area contributed by atoms with Crippen LogP contribution < -0.4 is 4.90 Å². The number of nitrogens with zero attached hydrogens (tertiary/aromatic N) is 3. The zero-order valence-electron chi connectivity index (χ0n) is 14.9. The first-order valence-electron chi connectivity index (χ1n) is 8.72. The van der Waals surface area contributed by atoms with Gasteiger partial charge in [0.05, 0.1) is 15.9 Å². The van der Waals surface area contributed by atoms with Crippen LogP contribution in [-0.4, -0.2) is 48.9 Å². The Labute approximate surface area is 153 Å². The standard InChI is InChI=1S/C19H22N4O2S/c1-14-3-6-17(7-4-14)26(24,25)23-11-9-22(10-12-23)16-5-8-18-19(13-16)21-15(2)20-18/h3-8,13H,9-12H2,1-2H3,(H,20,21). The number of fused-ring (bicyclic) bond motifs is 1. The van der Waals surface area contributed by atoms with Crippen LogP contribution >= 0.6 is 0 Å². The van der Waals surface area contributed by atoms with E-state index < -0.39 is 10.0 Å². The molecule has 1 N–H and O–H groups in total.